The fourth-order valence-corrected chi connectivity index (χ4v) is 2.83. The van der Waals surface area contributed by atoms with Gasteiger partial charge in [-0.05, 0) is 24.7 Å². The van der Waals surface area contributed by atoms with Gasteiger partial charge in [0.15, 0.2) is 0 Å². The number of nitrogens with one attached hydrogen (secondary N) is 1. The molecule has 17 heavy (non-hydrogen) atoms. The van der Waals surface area contributed by atoms with Crippen LogP contribution in [0.5, 0.6) is 0 Å². The molecule has 0 saturated heterocycles. The summed E-state index contributed by atoms with van der Waals surface area (Å²) in [5.41, 5.74) is 5.90. The average Bonchev–Trinajstić information content (AvgIpc) is 3.13. The molecule has 1 atom stereocenters. The zero-order valence-electron chi connectivity index (χ0n) is 9.98. The molecule has 1 saturated carbocycles. The predicted octanol–water partition coefficient (Wildman–Crippen LogP) is 1.48. The van der Waals surface area contributed by atoms with Crippen molar-refractivity contribution < 1.29 is 4.79 Å². The molecule has 1 amide bonds. The van der Waals surface area contributed by atoms with Crippen LogP contribution in [0.4, 0.5) is 0 Å². The third-order valence-corrected chi connectivity index (χ3v) is 3.80. The number of rotatable bonds is 6. The van der Waals surface area contributed by atoms with Crippen LogP contribution < -0.4 is 11.1 Å². The number of hydrogen-bond donors (Lipinski definition) is 2. The number of hydrogen-bond acceptors (Lipinski definition) is 3. The molecule has 1 aromatic carbocycles. The SMILES string of the molecule is CSCC(NC1CC1)(C(N)=O)c1ccccc1. The van der Waals surface area contributed by atoms with Crippen molar-refractivity contribution in [3.63, 3.8) is 0 Å². The van der Waals surface area contributed by atoms with Gasteiger partial charge in [0.2, 0.25) is 5.91 Å². The fraction of sp³-hybridized carbons (Fsp3) is 0.462. The predicted molar refractivity (Wildman–Crippen MR) is 71.9 cm³/mol. The third-order valence-electron chi connectivity index (χ3n) is 3.08. The Morgan fingerprint density at radius 3 is 2.59 bits per heavy atom. The van der Waals surface area contributed by atoms with Gasteiger partial charge in [-0.3, -0.25) is 10.1 Å². The molecule has 2 rings (SSSR count). The zero-order valence-corrected chi connectivity index (χ0v) is 10.8. The van der Waals surface area contributed by atoms with Gasteiger partial charge in [0.25, 0.3) is 0 Å². The lowest BCUT2D eigenvalue weighted by atomic mass is 9.91. The van der Waals surface area contributed by atoms with Crippen molar-refractivity contribution in [1.29, 1.82) is 0 Å². The van der Waals surface area contributed by atoms with Gasteiger partial charge in [-0.25, -0.2) is 0 Å². The fourth-order valence-electron chi connectivity index (χ4n) is 2.01. The highest BCUT2D eigenvalue weighted by Crippen LogP contribution is 2.30. The van der Waals surface area contributed by atoms with Crippen molar-refractivity contribution in [1.82, 2.24) is 5.32 Å². The van der Waals surface area contributed by atoms with E-state index in [-0.39, 0.29) is 5.91 Å². The maximum absolute atomic E-state index is 11.9. The van der Waals surface area contributed by atoms with Crippen molar-refractivity contribution in [3.05, 3.63) is 35.9 Å². The quantitative estimate of drug-likeness (QED) is 0.804. The number of amides is 1. The summed E-state index contributed by atoms with van der Waals surface area (Å²) in [5.74, 6) is 0.382. The topological polar surface area (TPSA) is 55.1 Å². The summed E-state index contributed by atoms with van der Waals surface area (Å²) in [6.45, 7) is 0. The molecule has 3 N–H and O–H groups in total. The smallest absolute Gasteiger partial charge is 0.243 e. The summed E-state index contributed by atoms with van der Waals surface area (Å²) in [5, 5.41) is 3.43. The Hall–Kier alpha value is -1.00. The average molecular weight is 250 g/mol. The minimum atomic E-state index is -0.720. The Labute approximate surface area is 106 Å². The van der Waals surface area contributed by atoms with Crippen LogP contribution in [0.25, 0.3) is 0 Å². The van der Waals surface area contributed by atoms with Gasteiger partial charge in [-0.2, -0.15) is 11.8 Å². The van der Waals surface area contributed by atoms with Gasteiger partial charge >= 0.3 is 0 Å². The van der Waals surface area contributed by atoms with Crippen molar-refractivity contribution in [3.8, 4) is 0 Å². The molecular weight excluding hydrogens is 232 g/mol. The zero-order chi connectivity index (χ0) is 12.3. The van der Waals surface area contributed by atoms with Crippen molar-refractivity contribution in [2.24, 2.45) is 5.73 Å². The number of nitrogens with two attached hydrogens (primary N) is 1. The van der Waals surface area contributed by atoms with E-state index in [0.717, 1.165) is 18.4 Å². The maximum Gasteiger partial charge on any atom is 0.243 e. The third kappa shape index (κ3) is 2.64. The molecule has 1 aromatic rings. The summed E-state index contributed by atoms with van der Waals surface area (Å²) < 4.78 is 0. The normalized spacial score (nSPS) is 18.6. The summed E-state index contributed by atoms with van der Waals surface area (Å²) in [7, 11) is 0. The van der Waals surface area contributed by atoms with Crippen molar-refractivity contribution in [2.45, 2.75) is 24.4 Å². The first kappa shape index (κ1) is 12.5. The minimum Gasteiger partial charge on any atom is -0.368 e. The highest BCUT2D eigenvalue weighted by Gasteiger charge is 2.42. The first-order chi connectivity index (χ1) is 8.19. The van der Waals surface area contributed by atoms with Crippen LogP contribution in [0.3, 0.4) is 0 Å². The molecule has 0 radical (unpaired) electrons. The molecule has 0 aromatic heterocycles. The lowest BCUT2D eigenvalue weighted by molar-refractivity contribution is -0.124. The van der Waals surface area contributed by atoms with Crippen molar-refractivity contribution >= 4 is 17.7 Å². The summed E-state index contributed by atoms with van der Waals surface area (Å²) in [4.78, 5) is 11.9. The van der Waals surface area contributed by atoms with E-state index < -0.39 is 5.54 Å². The van der Waals surface area contributed by atoms with Crippen molar-refractivity contribution in [2.75, 3.05) is 12.0 Å². The van der Waals surface area contributed by atoms with Crippen LogP contribution in [0.15, 0.2) is 30.3 Å². The van der Waals surface area contributed by atoms with E-state index in [9.17, 15) is 4.79 Å². The Morgan fingerprint density at radius 1 is 1.47 bits per heavy atom. The van der Waals surface area contributed by atoms with E-state index in [4.69, 9.17) is 5.73 Å². The summed E-state index contributed by atoms with van der Waals surface area (Å²) >= 11 is 1.64. The second-order valence-corrected chi connectivity index (χ2v) is 5.35. The Balaban J connectivity index is 2.35. The first-order valence-corrected chi connectivity index (χ1v) is 7.20. The van der Waals surface area contributed by atoms with E-state index in [1.807, 2.05) is 36.6 Å². The first-order valence-electron chi connectivity index (χ1n) is 5.81. The molecular formula is C13H18N2OS. The van der Waals surface area contributed by atoms with E-state index in [2.05, 4.69) is 5.32 Å². The van der Waals surface area contributed by atoms with Gasteiger partial charge in [0.05, 0.1) is 0 Å². The largest absolute Gasteiger partial charge is 0.368 e. The summed E-state index contributed by atoms with van der Waals surface area (Å²) in [6, 6.07) is 10.2. The van der Waals surface area contributed by atoms with E-state index >= 15 is 0 Å². The Morgan fingerprint density at radius 2 is 2.12 bits per heavy atom. The maximum atomic E-state index is 11.9. The number of primary amides is 1. The highest BCUT2D eigenvalue weighted by atomic mass is 32.2. The molecule has 0 aliphatic heterocycles. The number of carbonyl (C=O) groups is 1. The van der Waals surface area contributed by atoms with Crippen LogP contribution in [0, 0.1) is 0 Å². The lowest BCUT2D eigenvalue weighted by Crippen LogP contribution is -2.55. The van der Waals surface area contributed by atoms with E-state index in [0.29, 0.717) is 11.8 Å². The molecule has 0 bridgehead atoms. The molecule has 92 valence electrons. The summed E-state index contributed by atoms with van der Waals surface area (Å²) in [6.07, 6.45) is 4.27. The molecule has 3 nitrogen and oxygen atoms in total. The van der Waals surface area contributed by atoms with Gasteiger partial charge < -0.3 is 5.73 Å². The standard InChI is InChI=1S/C13H18N2OS/c1-17-9-13(12(14)16,15-11-7-8-11)10-5-3-2-4-6-10/h2-6,11,15H,7-9H2,1H3,(H2,14,16). The molecule has 1 aliphatic carbocycles. The van der Waals surface area contributed by atoms with Crippen LogP contribution in [0.1, 0.15) is 18.4 Å². The van der Waals surface area contributed by atoms with Gasteiger partial charge in [0, 0.05) is 11.8 Å². The lowest BCUT2D eigenvalue weighted by Gasteiger charge is -2.32. The monoisotopic (exact) mass is 250 g/mol. The molecule has 1 fully saturated rings. The number of carbonyl (C=O) groups excluding carboxylic acids is 1. The van der Waals surface area contributed by atoms with Gasteiger partial charge in [0.1, 0.15) is 5.54 Å². The van der Waals surface area contributed by atoms with Gasteiger partial charge in [-0.15, -0.1) is 0 Å². The molecule has 1 unspecified atom stereocenters. The second-order valence-electron chi connectivity index (χ2n) is 4.49. The van der Waals surface area contributed by atoms with Crippen LogP contribution in [-0.2, 0) is 10.3 Å². The Bertz CT molecular complexity index is 392. The van der Waals surface area contributed by atoms with Crippen LogP contribution in [-0.4, -0.2) is 24.0 Å². The second kappa shape index (κ2) is 5.10. The van der Waals surface area contributed by atoms with Crippen LogP contribution >= 0.6 is 11.8 Å². The molecule has 0 spiro atoms. The molecule has 0 heterocycles. The van der Waals surface area contributed by atoms with E-state index in [1.54, 1.807) is 11.8 Å². The van der Waals surface area contributed by atoms with Crippen LogP contribution in [0.2, 0.25) is 0 Å². The number of benzene rings is 1. The van der Waals surface area contributed by atoms with E-state index in [1.165, 1.54) is 0 Å². The number of thioether (sulfide) groups is 1. The Kier molecular flexibility index (Phi) is 3.74. The molecule has 4 heteroatoms. The van der Waals surface area contributed by atoms with Gasteiger partial charge in [-0.1, -0.05) is 30.3 Å². The highest BCUT2D eigenvalue weighted by molar-refractivity contribution is 7.98. The molecule has 1 aliphatic rings. The minimum absolute atomic E-state index is 0.287.